The van der Waals surface area contributed by atoms with Gasteiger partial charge in [-0.05, 0) is 35.4 Å². The van der Waals surface area contributed by atoms with Crippen molar-refractivity contribution in [2.45, 2.75) is 12.5 Å². The SMILES string of the molecule is C=CCOc1ccc(C2/C(=C(\[O-])c3ccc4c(c3)OCCO4)C(=O)C(=O)N2CCC[NH+]2CCOCC2)cc1. The predicted octanol–water partition coefficient (Wildman–Crippen LogP) is 0.552. The van der Waals surface area contributed by atoms with E-state index in [9.17, 15) is 14.7 Å². The number of ether oxygens (including phenoxy) is 4. The summed E-state index contributed by atoms with van der Waals surface area (Å²) in [6.45, 7) is 9.33. The number of carbonyl (C=O) groups is 2. The zero-order valence-electron chi connectivity index (χ0n) is 21.3. The van der Waals surface area contributed by atoms with Crippen molar-refractivity contribution in [1.82, 2.24) is 4.90 Å². The first-order chi connectivity index (χ1) is 18.6. The summed E-state index contributed by atoms with van der Waals surface area (Å²) in [5.41, 5.74) is 0.904. The van der Waals surface area contributed by atoms with Gasteiger partial charge in [0, 0.05) is 18.5 Å². The fourth-order valence-electron chi connectivity index (χ4n) is 5.10. The minimum absolute atomic E-state index is 0.0508. The number of likely N-dealkylation sites (tertiary alicyclic amines) is 1. The molecule has 0 radical (unpaired) electrons. The van der Waals surface area contributed by atoms with E-state index in [0.717, 1.165) is 32.8 Å². The molecule has 2 aromatic carbocycles. The van der Waals surface area contributed by atoms with Gasteiger partial charge in [0.25, 0.3) is 5.91 Å². The lowest BCUT2D eigenvalue weighted by Gasteiger charge is -2.29. The van der Waals surface area contributed by atoms with Gasteiger partial charge < -0.3 is 33.9 Å². The number of quaternary nitrogens is 1. The topological polar surface area (TPSA) is 102 Å². The van der Waals surface area contributed by atoms with Crippen LogP contribution in [0.1, 0.15) is 23.6 Å². The number of rotatable bonds is 9. The Morgan fingerprint density at radius 1 is 1.05 bits per heavy atom. The Balaban J connectivity index is 1.47. The Kier molecular flexibility index (Phi) is 7.95. The Morgan fingerprint density at radius 2 is 1.79 bits per heavy atom. The standard InChI is InChI=1S/C29H32N2O7/c1-2-14-36-22-7-4-20(5-8-22)26-25(27(32)21-6-9-23-24(19-21)38-18-17-37-23)28(33)29(34)31(26)11-3-10-30-12-15-35-16-13-30/h2,4-9,19,26,32H,1,3,10-18H2/b27-25+. The van der Waals surface area contributed by atoms with Crippen LogP contribution in [0, 0.1) is 0 Å². The highest BCUT2D eigenvalue weighted by atomic mass is 16.6. The number of carbonyl (C=O) groups excluding carboxylic acids is 2. The van der Waals surface area contributed by atoms with Gasteiger partial charge >= 0.3 is 0 Å². The van der Waals surface area contributed by atoms with Gasteiger partial charge in [-0.2, -0.15) is 0 Å². The Hall–Kier alpha value is -3.82. The summed E-state index contributed by atoms with van der Waals surface area (Å²) in [7, 11) is 0. The van der Waals surface area contributed by atoms with Crippen molar-refractivity contribution in [3.05, 3.63) is 71.8 Å². The maximum atomic E-state index is 13.8. The Labute approximate surface area is 221 Å². The van der Waals surface area contributed by atoms with E-state index in [1.807, 2.05) is 0 Å². The van der Waals surface area contributed by atoms with Crippen LogP contribution in [-0.4, -0.2) is 75.8 Å². The lowest BCUT2D eigenvalue weighted by molar-refractivity contribution is -0.908. The number of nitrogens with one attached hydrogen (secondary N) is 1. The average molecular weight is 521 g/mol. The predicted molar refractivity (Wildman–Crippen MR) is 137 cm³/mol. The molecular weight excluding hydrogens is 488 g/mol. The molecule has 0 saturated carbocycles. The molecule has 3 heterocycles. The summed E-state index contributed by atoms with van der Waals surface area (Å²) in [6.07, 6.45) is 2.36. The van der Waals surface area contributed by atoms with Gasteiger partial charge in [0.05, 0.1) is 25.8 Å². The van der Waals surface area contributed by atoms with Gasteiger partial charge in [-0.3, -0.25) is 9.59 Å². The average Bonchev–Trinajstić information content (AvgIpc) is 3.21. The second-order valence-corrected chi connectivity index (χ2v) is 9.47. The summed E-state index contributed by atoms with van der Waals surface area (Å²) in [5.74, 6) is -0.277. The summed E-state index contributed by atoms with van der Waals surface area (Å²) in [6, 6.07) is 11.2. The number of fused-ring (bicyclic) bond motifs is 1. The van der Waals surface area contributed by atoms with Crippen molar-refractivity contribution in [2.24, 2.45) is 0 Å². The Morgan fingerprint density at radius 3 is 2.53 bits per heavy atom. The smallest absolute Gasteiger partial charge is 0.295 e. The van der Waals surface area contributed by atoms with Gasteiger partial charge in [0.15, 0.2) is 11.5 Å². The second kappa shape index (κ2) is 11.7. The van der Waals surface area contributed by atoms with Gasteiger partial charge in [0.2, 0.25) is 5.78 Å². The van der Waals surface area contributed by atoms with Crippen LogP contribution in [0.2, 0.25) is 0 Å². The first-order valence-corrected chi connectivity index (χ1v) is 13.0. The molecule has 38 heavy (non-hydrogen) atoms. The molecule has 2 fully saturated rings. The number of nitrogens with zero attached hydrogens (tertiary/aromatic N) is 1. The first-order valence-electron chi connectivity index (χ1n) is 13.0. The number of hydrogen-bond acceptors (Lipinski definition) is 7. The van der Waals surface area contributed by atoms with Crippen LogP contribution in [0.5, 0.6) is 17.2 Å². The molecular formula is C29H32N2O7. The van der Waals surface area contributed by atoms with Crippen LogP contribution < -0.4 is 24.2 Å². The number of morpholine rings is 1. The lowest BCUT2D eigenvalue weighted by atomic mass is 9.95. The third-order valence-corrected chi connectivity index (χ3v) is 7.03. The number of Topliss-reactive ketones (excluding diaryl/α,β-unsaturated/α-hetero) is 1. The van der Waals surface area contributed by atoms with E-state index >= 15 is 0 Å². The Bertz CT molecular complexity index is 1220. The molecule has 9 nitrogen and oxygen atoms in total. The van der Waals surface area contributed by atoms with Crippen molar-refractivity contribution in [1.29, 1.82) is 0 Å². The molecule has 0 bridgehead atoms. The van der Waals surface area contributed by atoms with Crippen molar-refractivity contribution >= 4 is 17.4 Å². The number of hydrogen-bond donors (Lipinski definition) is 1. The summed E-state index contributed by atoms with van der Waals surface area (Å²) >= 11 is 0. The third kappa shape index (κ3) is 5.39. The van der Waals surface area contributed by atoms with Crippen LogP contribution >= 0.6 is 0 Å². The first kappa shape index (κ1) is 25.8. The van der Waals surface area contributed by atoms with E-state index in [0.29, 0.717) is 55.6 Å². The van der Waals surface area contributed by atoms with Crippen LogP contribution in [0.25, 0.3) is 5.76 Å². The van der Waals surface area contributed by atoms with Crippen molar-refractivity contribution in [3.8, 4) is 17.2 Å². The van der Waals surface area contributed by atoms with E-state index in [2.05, 4.69) is 6.58 Å². The number of benzene rings is 2. The summed E-state index contributed by atoms with van der Waals surface area (Å²) in [5, 5.41) is 13.8. The maximum absolute atomic E-state index is 13.8. The molecule has 200 valence electrons. The van der Waals surface area contributed by atoms with Gasteiger partial charge in [0.1, 0.15) is 38.7 Å². The van der Waals surface area contributed by atoms with Crippen molar-refractivity contribution in [3.63, 3.8) is 0 Å². The number of amides is 1. The number of ketones is 1. The quantitative estimate of drug-likeness (QED) is 0.223. The highest BCUT2D eigenvalue weighted by Crippen LogP contribution is 2.40. The van der Waals surface area contributed by atoms with Gasteiger partial charge in [-0.1, -0.05) is 36.6 Å². The lowest BCUT2D eigenvalue weighted by Crippen LogP contribution is -3.14. The molecule has 2 aromatic rings. The van der Waals surface area contributed by atoms with E-state index in [-0.39, 0.29) is 11.1 Å². The molecule has 9 heteroatoms. The molecule has 2 saturated heterocycles. The highest BCUT2D eigenvalue weighted by Gasteiger charge is 2.44. The van der Waals surface area contributed by atoms with Gasteiger partial charge in [-0.15, -0.1) is 0 Å². The normalized spacial score (nSPS) is 20.9. The van der Waals surface area contributed by atoms with E-state index < -0.39 is 23.5 Å². The zero-order chi connectivity index (χ0) is 26.5. The molecule has 1 unspecified atom stereocenters. The van der Waals surface area contributed by atoms with E-state index in [4.69, 9.17) is 18.9 Å². The fraction of sp³-hybridized carbons (Fsp3) is 0.379. The third-order valence-electron chi connectivity index (χ3n) is 7.03. The molecule has 0 aliphatic carbocycles. The zero-order valence-corrected chi connectivity index (χ0v) is 21.3. The van der Waals surface area contributed by atoms with Gasteiger partial charge in [-0.25, -0.2) is 0 Å². The van der Waals surface area contributed by atoms with Crippen LogP contribution in [-0.2, 0) is 14.3 Å². The second-order valence-electron chi connectivity index (χ2n) is 9.47. The molecule has 3 aliphatic rings. The van der Waals surface area contributed by atoms with Crippen LogP contribution in [0.15, 0.2) is 60.7 Å². The molecule has 3 aliphatic heterocycles. The van der Waals surface area contributed by atoms with Crippen molar-refractivity contribution in [2.75, 3.05) is 59.2 Å². The molecule has 0 spiro atoms. The van der Waals surface area contributed by atoms with Crippen molar-refractivity contribution < 1.29 is 38.5 Å². The molecule has 1 atom stereocenters. The maximum Gasteiger partial charge on any atom is 0.295 e. The minimum atomic E-state index is -0.788. The van der Waals surface area contributed by atoms with E-state index in [1.165, 1.54) is 9.80 Å². The summed E-state index contributed by atoms with van der Waals surface area (Å²) < 4.78 is 22.2. The van der Waals surface area contributed by atoms with Crippen LogP contribution in [0.3, 0.4) is 0 Å². The van der Waals surface area contributed by atoms with Crippen LogP contribution in [0.4, 0.5) is 0 Å². The summed E-state index contributed by atoms with van der Waals surface area (Å²) in [4.78, 5) is 29.5. The molecule has 1 amide bonds. The minimum Gasteiger partial charge on any atom is -0.872 e. The monoisotopic (exact) mass is 520 g/mol. The molecule has 0 aromatic heterocycles. The largest absolute Gasteiger partial charge is 0.872 e. The molecule has 5 rings (SSSR count). The fourth-order valence-corrected chi connectivity index (χ4v) is 5.10. The molecule has 1 N–H and O–H groups in total. The van der Waals surface area contributed by atoms with E-state index in [1.54, 1.807) is 48.5 Å². The highest BCUT2D eigenvalue weighted by molar-refractivity contribution is 6.46.